The number of nitrogens with zero attached hydrogens (tertiary/aromatic N) is 3. The van der Waals surface area contributed by atoms with Gasteiger partial charge in [-0.1, -0.05) is 30.0 Å². The average Bonchev–Trinajstić information content (AvgIpc) is 3.39. The van der Waals surface area contributed by atoms with Gasteiger partial charge in [-0.15, -0.1) is 10.2 Å². The summed E-state index contributed by atoms with van der Waals surface area (Å²) in [5.74, 6) is 3.75. The predicted octanol–water partition coefficient (Wildman–Crippen LogP) is 4.29. The Morgan fingerprint density at radius 2 is 1.79 bits per heavy atom. The highest BCUT2D eigenvalue weighted by Crippen LogP contribution is 2.38. The molecule has 2 aliphatic rings. The number of nitrogens with one attached hydrogen (secondary N) is 1. The molecule has 0 spiro atoms. The van der Waals surface area contributed by atoms with E-state index >= 15 is 0 Å². The summed E-state index contributed by atoms with van der Waals surface area (Å²) >= 11 is 1.26. The molecular weight excluding hydrogens is 508 g/mol. The van der Waals surface area contributed by atoms with E-state index < -0.39 is 6.10 Å². The van der Waals surface area contributed by atoms with E-state index in [4.69, 9.17) is 23.7 Å². The molecule has 3 heterocycles. The second-order valence-electron chi connectivity index (χ2n) is 8.44. The zero-order valence-electron chi connectivity index (χ0n) is 20.5. The number of anilines is 1. The van der Waals surface area contributed by atoms with Crippen LogP contribution in [-0.4, -0.2) is 53.4 Å². The molecule has 1 atom stereocenters. The Kier molecular flexibility index (Phi) is 6.65. The lowest BCUT2D eigenvalue weighted by molar-refractivity contribution is -0.113. The number of carbonyl (C=O) groups is 1. The number of hydrogen-bond acceptors (Lipinski definition) is 9. The third kappa shape index (κ3) is 4.92. The van der Waals surface area contributed by atoms with E-state index in [0.717, 1.165) is 5.69 Å². The molecule has 10 nitrogen and oxygen atoms in total. The van der Waals surface area contributed by atoms with E-state index in [1.807, 2.05) is 59.2 Å². The molecule has 0 saturated carbocycles. The van der Waals surface area contributed by atoms with Crippen molar-refractivity contribution in [1.29, 1.82) is 0 Å². The molecule has 4 aromatic rings. The van der Waals surface area contributed by atoms with Crippen molar-refractivity contribution >= 4 is 23.4 Å². The van der Waals surface area contributed by atoms with E-state index in [0.29, 0.717) is 58.6 Å². The smallest absolute Gasteiger partial charge is 0.234 e. The van der Waals surface area contributed by atoms with Crippen LogP contribution in [0.25, 0.3) is 5.69 Å². The van der Waals surface area contributed by atoms with Crippen LogP contribution < -0.4 is 29.0 Å². The van der Waals surface area contributed by atoms with Crippen LogP contribution >= 0.6 is 11.8 Å². The molecule has 0 saturated heterocycles. The zero-order valence-corrected chi connectivity index (χ0v) is 21.3. The van der Waals surface area contributed by atoms with E-state index in [2.05, 4.69) is 15.5 Å². The number of carbonyl (C=O) groups excluding carboxylic acids is 1. The first-order valence-corrected chi connectivity index (χ1v) is 13.0. The Hall–Kier alpha value is -4.38. The van der Waals surface area contributed by atoms with Crippen LogP contribution in [0.2, 0.25) is 0 Å². The Morgan fingerprint density at radius 1 is 0.974 bits per heavy atom. The topological polar surface area (TPSA) is 106 Å². The number of fused-ring (bicyclic) bond motifs is 2. The molecule has 38 heavy (non-hydrogen) atoms. The molecule has 1 aromatic heterocycles. The first kappa shape index (κ1) is 24.0. The lowest BCUT2D eigenvalue weighted by Crippen LogP contribution is -2.25. The molecule has 0 bridgehead atoms. The Labute approximate surface area is 222 Å². The maximum Gasteiger partial charge on any atom is 0.234 e. The summed E-state index contributed by atoms with van der Waals surface area (Å²) in [5.41, 5.74) is 1.41. The molecule has 0 fully saturated rings. The number of amides is 1. The van der Waals surface area contributed by atoms with E-state index in [-0.39, 0.29) is 18.3 Å². The van der Waals surface area contributed by atoms with Gasteiger partial charge in [-0.3, -0.25) is 9.36 Å². The van der Waals surface area contributed by atoms with Gasteiger partial charge in [0.05, 0.1) is 18.6 Å². The summed E-state index contributed by atoms with van der Waals surface area (Å²) in [5, 5.41) is 12.3. The monoisotopic (exact) mass is 532 g/mol. The molecule has 1 amide bonds. The second-order valence-corrected chi connectivity index (χ2v) is 9.38. The molecular formula is C27H24N4O6S. The quantitative estimate of drug-likeness (QED) is 0.349. The van der Waals surface area contributed by atoms with Crippen LogP contribution in [0.5, 0.6) is 28.7 Å². The summed E-state index contributed by atoms with van der Waals surface area (Å²) in [4.78, 5) is 12.8. The van der Waals surface area contributed by atoms with Crippen molar-refractivity contribution in [3.8, 4) is 34.4 Å². The third-order valence-corrected chi connectivity index (χ3v) is 6.85. The lowest BCUT2D eigenvalue weighted by atomic mass is 10.2. The van der Waals surface area contributed by atoms with Crippen molar-refractivity contribution in [2.75, 3.05) is 38.0 Å². The SMILES string of the molecule is COc1cccc(NC(=O)CSc2nnc([C@@H]3COc4ccccc4O3)n2-c2ccc3c(c2)OCCO3)c1. The van der Waals surface area contributed by atoms with Crippen molar-refractivity contribution in [3.05, 3.63) is 72.6 Å². The number of benzene rings is 3. The van der Waals surface area contributed by atoms with Crippen LogP contribution in [0.1, 0.15) is 11.9 Å². The fraction of sp³-hybridized carbons (Fsp3) is 0.222. The fourth-order valence-electron chi connectivity index (χ4n) is 4.17. The van der Waals surface area contributed by atoms with Crippen LogP contribution in [-0.2, 0) is 4.79 Å². The van der Waals surface area contributed by atoms with E-state index in [1.165, 1.54) is 11.8 Å². The van der Waals surface area contributed by atoms with E-state index in [9.17, 15) is 4.79 Å². The first-order chi connectivity index (χ1) is 18.7. The minimum atomic E-state index is -0.509. The molecule has 11 heteroatoms. The fourth-order valence-corrected chi connectivity index (χ4v) is 4.93. The number of rotatable bonds is 7. The molecule has 6 rings (SSSR count). The zero-order chi connectivity index (χ0) is 25.9. The van der Waals surface area contributed by atoms with Crippen molar-refractivity contribution in [1.82, 2.24) is 14.8 Å². The van der Waals surface area contributed by atoms with Gasteiger partial charge in [0.1, 0.15) is 25.6 Å². The summed E-state index contributed by atoms with van der Waals surface area (Å²) in [6, 6.07) is 20.3. The minimum absolute atomic E-state index is 0.116. The first-order valence-electron chi connectivity index (χ1n) is 12.0. The van der Waals surface area contributed by atoms with Gasteiger partial charge in [0.15, 0.2) is 40.1 Å². The van der Waals surface area contributed by atoms with Crippen molar-refractivity contribution in [3.63, 3.8) is 0 Å². The van der Waals surface area contributed by atoms with E-state index in [1.54, 1.807) is 19.2 Å². The van der Waals surface area contributed by atoms with Crippen molar-refractivity contribution < 1.29 is 28.5 Å². The number of aromatic nitrogens is 3. The highest BCUT2D eigenvalue weighted by atomic mass is 32.2. The highest BCUT2D eigenvalue weighted by Gasteiger charge is 2.30. The Bertz CT molecular complexity index is 1480. The molecule has 1 N–H and O–H groups in total. The Balaban J connectivity index is 1.28. The number of para-hydroxylation sites is 2. The molecule has 0 aliphatic carbocycles. The maximum absolute atomic E-state index is 12.8. The molecule has 3 aromatic carbocycles. The van der Waals surface area contributed by atoms with Gasteiger partial charge in [-0.25, -0.2) is 0 Å². The normalized spacial score (nSPS) is 15.6. The van der Waals surface area contributed by atoms with Crippen LogP contribution in [0.15, 0.2) is 71.9 Å². The maximum atomic E-state index is 12.8. The number of hydrogen-bond donors (Lipinski definition) is 1. The standard InChI is InChI=1S/C27H24N4O6S/c1-33-19-6-4-5-17(13-19)28-25(32)16-38-27-30-29-26(24-15-36-20-7-2-3-8-22(20)37-24)31(27)18-9-10-21-23(14-18)35-12-11-34-21/h2-10,13-14,24H,11-12,15-16H2,1H3,(H,28,32)/t24-/m0/s1. The van der Waals surface area contributed by atoms with Gasteiger partial charge in [0, 0.05) is 17.8 Å². The predicted molar refractivity (Wildman–Crippen MR) is 140 cm³/mol. The summed E-state index contributed by atoms with van der Waals surface area (Å²) in [6.45, 7) is 1.23. The molecule has 0 unspecified atom stereocenters. The Morgan fingerprint density at radius 3 is 2.66 bits per heavy atom. The van der Waals surface area contributed by atoms with Crippen molar-refractivity contribution in [2.24, 2.45) is 0 Å². The van der Waals surface area contributed by atoms with Gasteiger partial charge in [0.2, 0.25) is 5.91 Å². The minimum Gasteiger partial charge on any atom is -0.497 e. The lowest BCUT2D eigenvalue weighted by Gasteiger charge is -2.26. The third-order valence-electron chi connectivity index (χ3n) is 5.92. The highest BCUT2D eigenvalue weighted by molar-refractivity contribution is 7.99. The summed E-state index contributed by atoms with van der Waals surface area (Å²) < 4.78 is 30.7. The molecule has 0 radical (unpaired) electrons. The van der Waals surface area contributed by atoms with Gasteiger partial charge < -0.3 is 29.0 Å². The van der Waals surface area contributed by atoms with Crippen LogP contribution in [0.4, 0.5) is 5.69 Å². The van der Waals surface area contributed by atoms with Crippen LogP contribution in [0.3, 0.4) is 0 Å². The van der Waals surface area contributed by atoms with Gasteiger partial charge in [-0.2, -0.15) is 0 Å². The van der Waals surface area contributed by atoms with Gasteiger partial charge in [-0.05, 0) is 36.4 Å². The number of ether oxygens (including phenoxy) is 5. The van der Waals surface area contributed by atoms with Crippen molar-refractivity contribution in [2.45, 2.75) is 11.3 Å². The summed E-state index contributed by atoms with van der Waals surface area (Å²) in [6.07, 6.45) is -0.509. The number of thioether (sulfide) groups is 1. The summed E-state index contributed by atoms with van der Waals surface area (Å²) in [7, 11) is 1.58. The molecule has 194 valence electrons. The number of methoxy groups -OCH3 is 1. The largest absolute Gasteiger partial charge is 0.497 e. The second kappa shape index (κ2) is 10.5. The molecule has 2 aliphatic heterocycles. The average molecular weight is 533 g/mol. The van der Waals surface area contributed by atoms with Gasteiger partial charge >= 0.3 is 0 Å². The van der Waals surface area contributed by atoms with Gasteiger partial charge in [0.25, 0.3) is 0 Å². The van der Waals surface area contributed by atoms with Crippen LogP contribution in [0, 0.1) is 0 Å².